The third-order valence-electron chi connectivity index (χ3n) is 3.02. The number of hydrogen-bond acceptors (Lipinski definition) is 2. The van der Waals surface area contributed by atoms with E-state index < -0.39 is 6.09 Å². The second-order valence-electron chi connectivity index (χ2n) is 6.30. The van der Waals surface area contributed by atoms with Gasteiger partial charge < -0.3 is 15.0 Å². The first kappa shape index (κ1) is 15.4. The van der Waals surface area contributed by atoms with Crippen LogP contribution in [0.1, 0.15) is 33.3 Å². The molecule has 21 heavy (non-hydrogen) atoms. The number of hydrogen-bond donors (Lipinski definition) is 2. The monoisotopic (exact) mass is 292 g/mol. The zero-order valence-electron chi connectivity index (χ0n) is 12.8. The Bertz CT molecular complexity index is 643. The predicted molar refractivity (Wildman–Crippen MR) is 80.8 cm³/mol. The molecule has 1 amide bonds. The van der Waals surface area contributed by atoms with Crippen LogP contribution in [-0.2, 0) is 11.2 Å². The molecule has 0 aliphatic carbocycles. The Morgan fingerprint density at radius 3 is 2.81 bits per heavy atom. The topological polar surface area (TPSA) is 54.1 Å². The predicted octanol–water partition coefficient (Wildman–Crippen LogP) is 3.76. The molecule has 0 unspecified atom stereocenters. The largest absolute Gasteiger partial charge is 0.446 e. The molecule has 1 heterocycles. The number of nitrogens with one attached hydrogen (secondary N) is 2. The van der Waals surface area contributed by atoms with E-state index in [1.807, 2.05) is 33.9 Å². The molecule has 0 radical (unpaired) electrons. The minimum Gasteiger partial charge on any atom is -0.446 e. The number of alkyl carbamates (subject to hydrolysis) is 1. The highest BCUT2D eigenvalue weighted by molar-refractivity contribution is 5.83. The number of aromatic amines is 1. The van der Waals surface area contributed by atoms with Crippen molar-refractivity contribution < 1.29 is 13.9 Å². The number of fused-ring (bicyclic) bond motifs is 1. The maximum absolute atomic E-state index is 13.1. The number of ether oxygens (including phenoxy) is 1. The lowest BCUT2D eigenvalue weighted by Gasteiger charge is -2.22. The first-order chi connectivity index (χ1) is 9.74. The number of benzene rings is 1. The van der Waals surface area contributed by atoms with Crippen molar-refractivity contribution in [3.05, 3.63) is 35.8 Å². The number of aromatic nitrogens is 1. The summed E-state index contributed by atoms with van der Waals surface area (Å²) in [5.74, 6) is -0.273. The average Bonchev–Trinajstić information content (AvgIpc) is 2.68. The number of halogens is 1. The second kappa shape index (κ2) is 5.76. The zero-order valence-corrected chi connectivity index (χ0v) is 12.8. The molecule has 1 aromatic carbocycles. The molecule has 0 bridgehead atoms. The quantitative estimate of drug-likeness (QED) is 0.905. The molecule has 0 fully saturated rings. The Hall–Kier alpha value is -2.04. The molecule has 0 spiro atoms. The van der Waals surface area contributed by atoms with Crippen molar-refractivity contribution in [2.45, 2.75) is 45.8 Å². The van der Waals surface area contributed by atoms with Gasteiger partial charge in [0, 0.05) is 29.1 Å². The van der Waals surface area contributed by atoms with Gasteiger partial charge in [0.2, 0.25) is 0 Å². The van der Waals surface area contributed by atoms with E-state index in [2.05, 4.69) is 10.3 Å². The third kappa shape index (κ3) is 4.21. The first-order valence-corrected chi connectivity index (χ1v) is 6.99. The Morgan fingerprint density at radius 2 is 2.14 bits per heavy atom. The fourth-order valence-electron chi connectivity index (χ4n) is 2.20. The van der Waals surface area contributed by atoms with Gasteiger partial charge in [-0.25, -0.2) is 9.18 Å². The van der Waals surface area contributed by atoms with Crippen LogP contribution in [0, 0.1) is 5.82 Å². The Labute approximate surface area is 123 Å². The Morgan fingerprint density at radius 1 is 1.43 bits per heavy atom. The van der Waals surface area contributed by atoms with Gasteiger partial charge in [-0.3, -0.25) is 0 Å². The molecule has 2 aromatic rings. The van der Waals surface area contributed by atoms with Crippen molar-refractivity contribution >= 4 is 17.0 Å². The summed E-state index contributed by atoms with van der Waals surface area (Å²) in [6.07, 6.45) is 1.70. The summed E-state index contributed by atoms with van der Waals surface area (Å²) in [5, 5.41) is 3.70. The summed E-state index contributed by atoms with van der Waals surface area (Å²) in [6.45, 7) is 7.53. The molecule has 2 rings (SSSR count). The summed E-state index contributed by atoms with van der Waals surface area (Å²) in [4.78, 5) is 14.7. The van der Waals surface area contributed by atoms with E-state index in [4.69, 9.17) is 4.74 Å². The lowest BCUT2D eigenvalue weighted by atomic mass is 10.1. The third-order valence-corrected chi connectivity index (χ3v) is 3.02. The molecule has 1 atom stereocenters. The summed E-state index contributed by atoms with van der Waals surface area (Å²) in [5.41, 5.74) is 1.42. The molecule has 114 valence electrons. The van der Waals surface area contributed by atoms with Crippen molar-refractivity contribution in [3.63, 3.8) is 0 Å². The summed E-state index contributed by atoms with van der Waals surface area (Å²) in [7, 11) is 0. The van der Waals surface area contributed by atoms with Crippen molar-refractivity contribution in [2.75, 3.05) is 0 Å². The molecule has 4 nitrogen and oxygen atoms in total. The smallest absolute Gasteiger partial charge is 0.407 e. The van der Waals surface area contributed by atoms with Gasteiger partial charge in [0.25, 0.3) is 0 Å². The van der Waals surface area contributed by atoms with Gasteiger partial charge in [-0.1, -0.05) is 0 Å². The fourth-order valence-corrected chi connectivity index (χ4v) is 2.20. The molecule has 2 N–H and O–H groups in total. The molecular formula is C16H21FN2O2. The fraction of sp³-hybridized carbons (Fsp3) is 0.438. The van der Waals surface area contributed by atoms with Crippen molar-refractivity contribution in [1.29, 1.82) is 0 Å². The highest BCUT2D eigenvalue weighted by Gasteiger charge is 2.18. The maximum Gasteiger partial charge on any atom is 0.407 e. The number of carbonyl (C=O) groups is 1. The number of rotatable bonds is 3. The van der Waals surface area contributed by atoms with Crippen LogP contribution < -0.4 is 5.32 Å². The van der Waals surface area contributed by atoms with Gasteiger partial charge in [0.15, 0.2) is 0 Å². The van der Waals surface area contributed by atoms with Crippen LogP contribution in [0.4, 0.5) is 9.18 Å². The SMILES string of the molecule is C[C@H](Cc1c[nH]c2cc(F)ccc12)OC(=O)NC(C)(C)C. The van der Waals surface area contributed by atoms with Gasteiger partial charge in [-0.05, 0) is 51.5 Å². The highest BCUT2D eigenvalue weighted by atomic mass is 19.1. The Balaban J connectivity index is 2.01. The highest BCUT2D eigenvalue weighted by Crippen LogP contribution is 2.21. The second-order valence-corrected chi connectivity index (χ2v) is 6.30. The zero-order chi connectivity index (χ0) is 15.6. The first-order valence-electron chi connectivity index (χ1n) is 6.99. The van der Waals surface area contributed by atoms with Crippen LogP contribution >= 0.6 is 0 Å². The van der Waals surface area contributed by atoms with Gasteiger partial charge in [-0.2, -0.15) is 0 Å². The summed E-state index contributed by atoms with van der Waals surface area (Å²) >= 11 is 0. The molecule has 1 aromatic heterocycles. The lowest BCUT2D eigenvalue weighted by molar-refractivity contribution is 0.100. The van der Waals surface area contributed by atoms with E-state index in [-0.39, 0.29) is 17.5 Å². The van der Waals surface area contributed by atoms with Crippen LogP contribution in [0.15, 0.2) is 24.4 Å². The van der Waals surface area contributed by atoms with Gasteiger partial charge >= 0.3 is 6.09 Å². The standard InChI is InChI=1S/C16H21FN2O2/c1-10(21-15(20)19-16(2,3)4)7-11-9-18-14-8-12(17)5-6-13(11)14/h5-6,8-10,18H,7H2,1-4H3,(H,19,20)/t10-/m1/s1. The van der Waals surface area contributed by atoms with Crippen molar-refractivity contribution in [2.24, 2.45) is 0 Å². The Kier molecular flexibility index (Phi) is 4.21. The average molecular weight is 292 g/mol. The van der Waals surface area contributed by atoms with E-state index in [0.29, 0.717) is 6.42 Å². The molecule has 0 aliphatic rings. The van der Waals surface area contributed by atoms with Gasteiger partial charge in [-0.15, -0.1) is 0 Å². The van der Waals surface area contributed by atoms with E-state index in [1.54, 1.807) is 6.07 Å². The minimum atomic E-state index is -0.430. The van der Waals surface area contributed by atoms with E-state index in [9.17, 15) is 9.18 Å². The van der Waals surface area contributed by atoms with E-state index >= 15 is 0 Å². The van der Waals surface area contributed by atoms with E-state index in [0.717, 1.165) is 16.5 Å². The lowest BCUT2D eigenvalue weighted by Crippen LogP contribution is -2.42. The number of carbonyl (C=O) groups excluding carboxylic acids is 1. The maximum atomic E-state index is 13.1. The molecule has 0 aliphatic heterocycles. The van der Waals surface area contributed by atoms with Crippen LogP contribution in [-0.4, -0.2) is 22.7 Å². The van der Waals surface area contributed by atoms with Crippen LogP contribution in [0.2, 0.25) is 0 Å². The van der Waals surface area contributed by atoms with Crippen LogP contribution in [0.25, 0.3) is 10.9 Å². The van der Waals surface area contributed by atoms with Gasteiger partial charge in [0.1, 0.15) is 11.9 Å². The number of amides is 1. The molecule has 0 saturated carbocycles. The van der Waals surface area contributed by atoms with E-state index in [1.165, 1.54) is 12.1 Å². The normalized spacial score (nSPS) is 13.2. The van der Waals surface area contributed by atoms with Gasteiger partial charge in [0.05, 0.1) is 0 Å². The van der Waals surface area contributed by atoms with Crippen molar-refractivity contribution in [1.82, 2.24) is 10.3 Å². The molecular weight excluding hydrogens is 271 g/mol. The van der Waals surface area contributed by atoms with Crippen molar-refractivity contribution in [3.8, 4) is 0 Å². The molecule has 0 saturated heterocycles. The van der Waals surface area contributed by atoms with Crippen LogP contribution in [0.5, 0.6) is 0 Å². The van der Waals surface area contributed by atoms with Crippen LogP contribution in [0.3, 0.4) is 0 Å². The molecule has 5 heteroatoms. The summed E-state index contributed by atoms with van der Waals surface area (Å²) in [6, 6.07) is 4.62. The number of H-pyrrole nitrogens is 1. The minimum absolute atomic E-state index is 0.267. The summed E-state index contributed by atoms with van der Waals surface area (Å²) < 4.78 is 18.5.